The van der Waals surface area contributed by atoms with Crippen LogP contribution in [0.5, 0.6) is 0 Å². The van der Waals surface area contributed by atoms with Crippen LogP contribution in [0.1, 0.15) is 32.6 Å². The summed E-state index contributed by atoms with van der Waals surface area (Å²) in [4.78, 5) is 37.4. The van der Waals surface area contributed by atoms with Crippen molar-refractivity contribution in [3.63, 3.8) is 0 Å². The maximum absolute atomic E-state index is 12.4. The van der Waals surface area contributed by atoms with Gasteiger partial charge in [0.1, 0.15) is 12.1 Å². The predicted octanol–water partition coefficient (Wildman–Crippen LogP) is -0.440. The zero-order valence-electron chi connectivity index (χ0n) is 12.2. The average molecular weight is 294 g/mol. The Morgan fingerprint density at radius 3 is 2.62 bits per heavy atom. The maximum Gasteiger partial charge on any atom is 0.325 e. The fraction of sp³-hybridized carbons (Fsp3) is 0.786. The number of urea groups is 1. The highest BCUT2D eigenvalue weighted by atomic mass is 16.2. The number of imide groups is 1. The zero-order valence-corrected chi connectivity index (χ0v) is 12.2. The minimum atomic E-state index is -0.832. The first kappa shape index (κ1) is 14.3. The maximum atomic E-state index is 12.4. The molecule has 4 amide bonds. The SMILES string of the molecule is CC1(C2CC2)NC(=O)N(CC(=O)NC(CN)C2CC2)C1=O. The van der Waals surface area contributed by atoms with E-state index in [-0.39, 0.29) is 30.3 Å². The Kier molecular flexibility index (Phi) is 3.39. The number of hydrogen-bond donors (Lipinski definition) is 3. The number of nitrogens with one attached hydrogen (secondary N) is 2. The quantitative estimate of drug-likeness (QED) is 0.578. The molecule has 116 valence electrons. The van der Waals surface area contributed by atoms with Crippen molar-refractivity contribution in [2.75, 3.05) is 13.1 Å². The van der Waals surface area contributed by atoms with Gasteiger partial charge in [0.25, 0.3) is 5.91 Å². The van der Waals surface area contributed by atoms with Crippen molar-refractivity contribution in [3.05, 3.63) is 0 Å². The second-order valence-electron chi connectivity index (χ2n) is 6.55. The van der Waals surface area contributed by atoms with Gasteiger partial charge in [-0.25, -0.2) is 4.79 Å². The lowest BCUT2D eigenvalue weighted by molar-refractivity contribution is -0.135. The summed E-state index contributed by atoms with van der Waals surface area (Å²) >= 11 is 0. The van der Waals surface area contributed by atoms with Crippen LogP contribution in [0, 0.1) is 11.8 Å². The number of nitrogens with zero attached hydrogens (tertiary/aromatic N) is 1. The summed E-state index contributed by atoms with van der Waals surface area (Å²) < 4.78 is 0. The summed E-state index contributed by atoms with van der Waals surface area (Å²) in [5, 5.41) is 5.56. The molecule has 0 spiro atoms. The van der Waals surface area contributed by atoms with Crippen molar-refractivity contribution in [1.29, 1.82) is 0 Å². The fourth-order valence-electron chi connectivity index (χ4n) is 3.06. The van der Waals surface area contributed by atoms with Gasteiger partial charge < -0.3 is 16.4 Å². The number of carbonyl (C=O) groups is 3. The lowest BCUT2D eigenvalue weighted by atomic mass is 9.96. The molecule has 0 aromatic rings. The van der Waals surface area contributed by atoms with E-state index in [1.165, 1.54) is 0 Å². The number of rotatable bonds is 6. The van der Waals surface area contributed by atoms with E-state index in [1.807, 2.05) is 0 Å². The molecule has 0 aromatic carbocycles. The number of carbonyl (C=O) groups excluding carboxylic acids is 3. The van der Waals surface area contributed by atoms with Crippen molar-refractivity contribution in [2.45, 2.75) is 44.2 Å². The van der Waals surface area contributed by atoms with Crippen molar-refractivity contribution in [2.24, 2.45) is 17.6 Å². The van der Waals surface area contributed by atoms with Gasteiger partial charge in [0.15, 0.2) is 0 Å². The number of amides is 4. The normalized spacial score (nSPS) is 30.3. The third kappa shape index (κ3) is 2.62. The first-order valence-corrected chi connectivity index (χ1v) is 7.59. The molecule has 1 aliphatic heterocycles. The molecule has 2 saturated carbocycles. The molecule has 0 aromatic heterocycles. The van der Waals surface area contributed by atoms with Gasteiger partial charge in [-0.1, -0.05) is 0 Å². The highest BCUT2D eigenvalue weighted by Gasteiger charge is 2.56. The summed E-state index contributed by atoms with van der Waals surface area (Å²) in [5.41, 5.74) is 4.81. The molecule has 4 N–H and O–H groups in total. The standard InChI is InChI=1S/C14H22N4O3/c1-14(9-4-5-9)12(20)18(13(21)17-14)7-11(19)16-10(6-15)8-2-3-8/h8-10H,2-7,15H2,1H3,(H,16,19)(H,17,21). The Morgan fingerprint density at radius 1 is 1.43 bits per heavy atom. The molecule has 3 rings (SSSR count). The van der Waals surface area contributed by atoms with E-state index < -0.39 is 11.6 Å². The van der Waals surface area contributed by atoms with Gasteiger partial charge in [-0.15, -0.1) is 0 Å². The highest BCUT2D eigenvalue weighted by Crippen LogP contribution is 2.42. The van der Waals surface area contributed by atoms with E-state index in [4.69, 9.17) is 5.73 Å². The molecule has 2 atom stereocenters. The van der Waals surface area contributed by atoms with Crippen LogP contribution in [0.3, 0.4) is 0 Å². The number of hydrogen-bond acceptors (Lipinski definition) is 4. The van der Waals surface area contributed by atoms with Crippen molar-refractivity contribution in [1.82, 2.24) is 15.5 Å². The van der Waals surface area contributed by atoms with E-state index in [9.17, 15) is 14.4 Å². The van der Waals surface area contributed by atoms with Crippen molar-refractivity contribution in [3.8, 4) is 0 Å². The summed E-state index contributed by atoms with van der Waals surface area (Å²) in [7, 11) is 0. The largest absolute Gasteiger partial charge is 0.350 e. The van der Waals surface area contributed by atoms with Crippen LogP contribution in [-0.4, -0.2) is 47.4 Å². The Balaban J connectivity index is 1.60. The molecule has 1 saturated heterocycles. The van der Waals surface area contributed by atoms with Crippen LogP contribution in [-0.2, 0) is 9.59 Å². The summed E-state index contributed by atoms with van der Waals surface area (Å²) in [5.74, 6) is 0.0332. The monoisotopic (exact) mass is 294 g/mol. The molecule has 2 aliphatic carbocycles. The van der Waals surface area contributed by atoms with E-state index in [1.54, 1.807) is 6.92 Å². The summed E-state index contributed by atoms with van der Waals surface area (Å²) in [6.45, 7) is 1.90. The third-order valence-corrected chi connectivity index (χ3v) is 4.79. The first-order valence-electron chi connectivity index (χ1n) is 7.59. The van der Waals surface area contributed by atoms with Gasteiger partial charge >= 0.3 is 6.03 Å². The van der Waals surface area contributed by atoms with Crippen LogP contribution in [0.25, 0.3) is 0 Å². The van der Waals surface area contributed by atoms with Crippen LogP contribution in [0.2, 0.25) is 0 Å². The molecule has 2 unspecified atom stereocenters. The number of nitrogens with two attached hydrogens (primary N) is 1. The minimum Gasteiger partial charge on any atom is -0.350 e. The lowest BCUT2D eigenvalue weighted by Crippen LogP contribution is -2.49. The van der Waals surface area contributed by atoms with Gasteiger partial charge in [0.05, 0.1) is 0 Å². The zero-order chi connectivity index (χ0) is 15.2. The molecule has 0 bridgehead atoms. The molecule has 0 radical (unpaired) electrons. The molecular formula is C14H22N4O3. The Bertz CT molecular complexity index is 487. The molecule has 1 heterocycles. The second kappa shape index (κ2) is 4.98. The molecule has 3 aliphatic rings. The van der Waals surface area contributed by atoms with Crippen LogP contribution in [0.15, 0.2) is 0 Å². The first-order chi connectivity index (χ1) is 9.95. The van der Waals surface area contributed by atoms with Crippen molar-refractivity contribution < 1.29 is 14.4 Å². The van der Waals surface area contributed by atoms with Crippen LogP contribution < -0.4 is 16.4 Å². The topological polar surface area (TPSA) is 105 Å². The Morgan fingerprint density at radius 2 is 2.10 bits per heavy atom. The van der Waals surface area contributed by atoms with Crippen molar-refractivity contribution >= 4 is 17.8 Å². The van der Waals surface area contributed by atoms with Gasteiger partial charge in [-0.05, 0) is 44.4 Å². The summed E-state index contributed by atoms with van der Waals surface area (Å²) in [6, 6.07) is -0.520. The van der Waals surface area contributed by atoms with E-state index in [0.29, 0.717) is 12.5 Å². The molecule has 7 nitrogen and oxygen atoms in total. The predicted molar refractivity (Wildman–Crippen MR) is 75.1 cm³/mol. The molecule has 21 heavy (non-hydrogen) atoms. The van der Waals surface area contributed by atoms with Gasteiger partial charge in [0.2, 0.25) is 5.91 Å². The summed E-state index contributed by atoms with van der Waals surface area (Å²) in [6.07, 6.45) is 4.04. The average Bonchev–Trinajstić information content (AvgIpc) is 3.30. The fourth-order valence-corrected chi connectivity index (χ4v) is 3.06. The van der Waals surface area contributed by atoms with E-state index >= 15 is 0 Å². The Labute approximate surface area is 123 Å². The van der Waals surface area contributed by atoms with E-state index in [0.717, 1.165) is 30.6 Å². The van der Waals surface area contributed by atoms with Crippen LogP contribution in [0.4, 0.5) is 4.79 Å². The highest BCUT2D eigenvalue weighted by molar-refractivity contribution is 6.09. The molecule has 7 heteroatoms. The smallest absolute Gasteiger partial charge is 0.325 e. The lowest BCUT2D eigenvalue weighted by Gasteiger charge is -2.21. The van der Waals surface area contributed by atoms with Gasteiger partial charge in [-0.3, -0.25) is 14.5 Å². The van der Waals surface area contributed by atoms with Gasteiger partial charge in [-0.2, -0.15) is 0 Å². The minimum absolute atomic E-state index is 0.0481. The molecule has 3 fully saturated rings. The van der Waals surface area contributed by atoms with Gasteiger partial charge in [0, 0.05) is 12.6 Å². The van der Waals surface area contributed by atoms with E-state index in [2.05, 4.69) is 10.6 Å². The second-order valence-corrected chi connectivity index (χ2v) is 6.55. The molecular weight excluding hydrogens is 272 g/mol. The van der Waals surface area contributed by atoms with Crippen LogP contribution >= 0.6 is 0 Å². The third-order valence-electron chi connectivity index (χ3n) is 4.79. The Hall–Kier alpha value is -1.63.